The van der Waals surface area contributed by atoms with E-state index in [1.807, 2.05) is 19.2 Å². The van der Waals surface area contributed by atoms with Crippen LogP contribution >= 0.6 is 11.6 Å². The Morgan fingerprint density at radius 3 is 3.00 bits per heavy atom. The number of nitrogens with zero attached hydrogens (tertiary/aromatic N) is 2. The molecule has 1 N–H and O–H groups in total. The fourth-order valence-electron chi connectivity index (χ4n) is 2.27. The zero-order chi connectivity index (χ0) is 12.3. The summed E-state index contributed by atoms with van der Waals surface area (Å²) < 4.78 is 0. The number of hydrogen-bond acceptors (Lipinski definition) is 3. The molecule has 1 fully saturated rings. The van der Waals surface area contributed by atoms with Gasteiger partial charge in [-0.2, -0.15) is 5.26 Å². The lowest BCUT2D eigenvalue weighted by atomic mass is 10.0. The van der Waals surface area contributed by atoms with Gasteiger partial charge in [0.15, 0.2) is 0 Å². The highest BCUT2D eigenvalue weighted by molar-refractivity contribution is 6.30. The van der Waals surface area contributed by atoms with Gasteiger partial charge in [-0.25, -0.2) is 0 Å². The van der Waals surface area contributed by atoms with Crippen LogP contribution in [0.25, 0.3) is 0 Å². The fraction of sp³-hybridized carbons (Fsp3) is 0.462. The molecular weight excluding hydrogens is 234 g/mol. The average molecular weight is 250 g/mol. The molecule has 1 aliphatic heterocycles. The van der Waals surface area contributed by atoms with Gasteiger partial charge in [0.25, 0.3) is 0 Å². The average Bonchev–Trinajstić information content (AvgIpc) is 2.39. The minimum Gasteiger partial charge on any atom is -0.369 e. The van der Waals surface area contributed by atoms with Crippen LogP contribution in [0.5, 0.6) is 0 Å². The lowest BCUT2D eigenvalue weighted by Gasteiger charge is -2.33. The van der Waals surface area contributed by atoms with E-state index in [1.54, 1.807) is 6.07 Å². The highest BCUT2D eigenvalue weighted by Crippen LogP contribution is 2.25. The van der Waals surface area contributed by atoms with Gasteiger partial charge in [0.05, 0.1) is 11.3 Å². The maximum absolute atomic E-state index is 9.14. The highest BCUT2D eigenvalue weighted by Gasteiger charge is 2.19. The molecule has 0 spiro atoms. The van der Waals surface area contributed by atoms with Gasteiger partial charge >= 0.3 is 0 Å². The first-order valence-electron chi connectivity index (χ1n) is 5.85. The van der Waals surface area contributed by atoms with Gasteiger partial charge in [-0.1, -0.05) is 11.6 Å². The number of nitrogens with one attached hydrogen (secondary N) is 1. The quantitative estimate of drug-likeness (QED) is 0.875. The lowest BCUT2D eigenvalue weighted by Crippen LogP contribution is -2.44. The van der Waals surface area contributed by atoms with Crippen LogP contribution in [-0.4, -0.2) is 26.2 Å². The van der Waals surface area contributed by atoms with Crippen LogP contribution in [0.3, 0.4) is 0 Å². The molecule has 1 heterocycles. The van der Waals surface area contributed by atoms with Crippen molar-refractivity contribution in [2.24, 2.45) is 0 Å². The van der Waals surface area contributed by atoms with Crippen molar-refractivity contribution in [2.75, 3.05) is 25.0 Å². The summed E-state index contributed by atoms with van der Waals surface area (Å²) in [6.45, 7) is 2.07. The minimum atomic E-state index is 0.456. The summed E-state index contributed by atoms with van der Waals surface area (Å²) in [5, 5.41) is 13.1. The Morgan fingerprint density at radius 1 is 1.53 bits per heavy atom. The largest absolute Gasteiger partial charge is 0.369 e. The molecule has 2 rings (SSSR count). The van der Waals surface area contributed by atoms with Gasteiger partial charge in [-0.15, -0.1) is 0 Å². The predicted octanol–water partition coefficient (Wildman–Crippen LogP) is 2.40. The molecule has 90 valence electrons. The van der Waals surface area contributed by atoms with Crippen LogP contribution in [0, 0.1) is 11.3 Å². The minimum absolute atomic E-state index is 0.456. The molecule has 0 aromatic heterocycles. The predicted molar refractivity (Wildman–Crippen MR) is 70.5 cm³/mol. The number of halogens is 1. The molecule has 0 amide bonds. The third-order valence-electron chi connectivity index (χ3n) is 3.28. The van der Waals surface area contributed by atoms with Gasteiger partial charge in [0.2, 0.25) is 0 Å². The van der Waals surface area contributed by atoms with Crippen molar-refractivity contribution in [1.29, 1.82) is 5.26 Å². The summed E-state index contributed by atoms with van der Waals surface area (Å²) in [7, 11) is 2.04. The molecule has 1 aromatic carbocycles. The van der Waals surface area contributed by atoms with Crippen LogP contribution in [-0.2, 0) is 0 Å². The molecule has 1 saturated heterocycles. The molecule has 1 atom stereocenters. The zero-order valence-electron chi connectivity index (χ0n) is 9.91. The number of piperidine rings is 1. The highest BCUT2D eigenvalue weighted by atomic mass is 35.5. The maximum Gasteiger partial charge on any atom is 0.101 e. The normalized spacial score (nSPS) is 19.7. The Balaban J connectivity index is 2.23. The van der Waals surface area contributed by atoms with Crippen molar-refractivity contribution in [2.45, 2.75) is 18.9 Å². The Hall–Kier alpha value is -1.24. The molecule has 0 bridgehead atoms. The summed E-state index contributed by atoms with van der Waals surface area (Å²) >= 11 is 5.90. The van der Waals surface area contributed by atoms with Crippen molar-refractivity contribution >= 4 is 17.3 Å². The molecule has 3 nitrogen and oxygen atoms in total. The number of benzene rings is 1. The summed E-state index contributed by atoms with van der Waals surface area (Å²) in [5.74, 6) is 0. The Labute approximate surface area is 107 Å². The van der Waals surface area contributed by atoms with Gasteiger partial charge in [-0.05, 0) is 37.6 Å². The first-order valence-corrected chi connectivity index (χ1v) is 6.23. The van der Waals surface area contributed by atoms with Crippen molar-refractivity contribution in [3.8, 4) is 6.07 Å². The zero-order valence-corrected chi connectivity index (χ0v) is 10.7. The van der Waals surface area contributed by atoms with Crippen molar-refractivity contribution in [3.05, 3.63) is 28.8 Å². The molecule has 1 aliphatic rings. The second kappa shape index (κ2) is 5.39. The van der Waals surface area contributed by atoms with Crippen LogP contribution in [0.1, 0.15) is 18.4 Å². The monoisotopic (exact) mass is 249 g/mol. The van der Waals surface area contributed by atoms with Crippen molar-refractivity contribution in [3.63, 3.8) is 0 Å². The third kappa shape index (κ3) is 2.71. The maximum atomic E-state index is 9.14. The van der Waals surface area contributed by atoms with Crippen LogP contribution in [0.15, 0.2) is 18.2 Å². The second-order valence-electron chi connectivity index (χ2n) is 4.38. The standard InChI is InChI=1S/C13H16ClN3/c1-17(12-3-2-6-16-9-12)13-5-4-11(14)7-10(13)8-15/h4-5,7,12,16H,2-3,6,9H2,1H3. The van der Waals surface area contributed by atoms with Gasteiger partial charge < -0.3 is 10.2 Å². The Morgan fingerprint density at radius 2 is 2.35 bits per heavy atom. The third-order valence-corrected chi connectivity index (χ3v) is 3.51. The van der Waals surface area contributed by atoms with E-state index in [9.17, 15) is 0 Å². The van der Waals surface area contributed by atoms with E-state index in [-0.39, 0.29) is 0 Å². The molecule has 1 unspecified atom stereocenters. The Kier molecular flexibility index (Phi) is 3.88. The summed E-state index contributed by atoms with van der Waals surface area (Å²) in [4.78, 5) is 2.18. The lowest BCUT2D eigenvalue weighted by molar-refractivity contribution is 0.445. The van der Waals surface area contributed by atoms with E-state index in [1.165, 1.54) is 6.42 Å². The van der Waals surface area contributed by atoms with Gasteiger partial charge in [-0.3, -0.25) is 0 Å². The van der Waals surface area contributed by atoms with E-state index in [0.29, 0.717) is 16.6 Å². The van der Waals surface area contributed by atoms with Crippen molar-refractivity contribution in [1.82, 2.24) is 5.32 Å². The Bertz CT molecular complexity index is 433. The van der Waals surface area contributed by atoms with E-state index in [2.05, 4.69) is 16.3 Å². The van der Waals surface area contributed by atoms with E-state index >= 15 is 0 Å². The number of rotatable bonds is 2. The first-order chi connectivity index (χ1) is 8.22. The molecule has 0 saturated carbocycles. The molecular formula is C13H16ClN3. The summed E-state index contributed by atoms with van der Waals surface area (Å²) in [5.41, 5.74) is 1.61. The number of anilines is 1. The first kappa shape index (κ1) is 12.2. The molecule has 4 heteroatoms. The summed E-state index contributed by atoms with van der Waals surface area (Å²) in [6.07, 6.45) is 2.35. The SMILES string of the molecule is CN(c1ccc(Cl)cc1C#N)C1CCCNC1. The van der Waals surface area contributed by atoms with Crippen LogP contribution in [0.4, 0.5) is 5.69 Å². The molecule has 0 radical (unpaired) electrons. The van der Waals surface area contributed by atoms with E-state index in [0.717, 1.165) is 25.2 Å². The second-order valence-corrected chi connectivity index (χ2v) is 4.82. The van der Waals surface area contributed by atoms with E-state index < -0.39 is 0 Å². The van der Waals surface area contributed by atoms with Crippen LogP contribution in [0.2, 0.25) is 5.02 Å². The van der Waals surface area contributed by atoms with Gasteiger partial charge in [0, 0.05) is 24.7 Å². The molecule has 1 aromatic rings. The van der Waals surface area contributed by atoms with E-state index in [4.69, 9.17) is 16.9 Å². The van der Waals surface area contributed by atoms with Crippen LogP contribution < -0.4 is 10.2 Å². The number of hydrogen-bond donors (Lipinski definition) is 1. The van der Waals surface area contributed by atoms with Crippen molar-refractivity contribution < 1.29 is 0 Å². The fourth-order valence-corrected chi connectivity index (χ4v) is 2.44. The molecule has 17 heavy (non-hydrogen) atoms. The smallest absolute Gasteiger partial charge is 0.101 e. The summed E-state index contributed by atoms with van der Waals surface area (Å²) in [6, 6.07) is 8.16. The molecule has 0 aliphatic carbocycles. The topological polar surface area (TPSA) is 39.1 Å². The number of likely N-dealkylation sites (N-methyl/N-ethyl adjacent to an activating group) is 1. The number of nitriles is 1. The van der Waals surface area contributed by atoms with Gasteiger partial charge in [0.1, 0.15) is 6.07 Å².